The molecule has 8 nitrogen and oxygen atoms in total. The molecule has 2 aromatic rings. The molecular formula is C18H24N6O2. The fourth-order valence-corrected chi connectivity index (χ4v) is 3.31. The van der Waals surface area contributed by atoms with Crippen LogP contribution in [0.1, 0.15) is 66.3 Å². The molecule has 138 valence electrons. The Balaban J connectivity index is 1.54. The number of nitrogens with zero attached hydrogens (tertiary/aromatic N) is 5. The second kappa shape index (κ2) is 6.35. The van der Waals surface area contributed by atoms with Crippen LogP contribution < -0.4 is 5.73 Å². The summed E-state index contributed by atoms with van der Waals surface area (Å²) in [4.78, 5) is 23.0. The third-order valence-electron chi connectivity index (χ3n) is 5.05. The van der Waals surface area contributed by atoms with Crippen molar-refractivity contribution in [2.45, 2.75) is 51.8 Å². The summed E-state index contributed by atoms with van der Waals surface area (Å²) in [6.45, 7) is 5.61. The highest BCUT2D eigenvalue weighted by Crippen LogP contribution is 2.40. The van der Waals surface area contributed by atoms with Gasteiger partial charge in [0.1, 0.15) is 11.8 Å². The molecule has 0 radical (unpaired) electrons. The molecule has 8 heteroatoms. The van der Waals surface area contributed by atoms with E-state index in [1.54, 1.807) is 11.0 Å². The zero-order valence-corrected chi connectivity index (χ0v) is 15.1. The van der Waals surface area contributed by atoms with Crippen molar-refractivity contribution in [2.75, 3.05) is 12.3 Å². The highest BCUT2D eigenvalue weighted by molar-refractivity contribution is 5.92. The summed E-state index contributed by atoms with van der Waals surface area (Å²) >= 11 is 0. The Bertz CT molecular complexity index is 842. The molecule has 0 bridgehead atoms. The van der Waals surface area contributed by atoms with Crippen LogP contribution in [0, 0.1) is 5.92 Å². The monoisotopic (exact) mass is 356 g/mol. The summed E-state index contributed by atoms with van der Waals surface area (Å²) < 4.78 is 1.89. The van der Waals surface area contributed by atoms with Crippen molar-refractivity contribution in [1.29, 1.82) is 0 Å². The Morgan fingerprint density at radius 3 is 2.69 bits per heavy atom. The molecule has 1 fully saturated rings. The Labute approximate surface area is 152 Å². The van der Waals surface area contributed by atoms with Crippen LogP contribution in [0.15, 0.2) is 12.1 Å². The van der Waals surface area contributed by atoms with Crippen LogP contribution in [0.5, 0.6) is 0 Å². The number of anilines is 1. The van der Waals surface area contributed by atoms with Crippen LogP contribution in [-0.2, 0) is 13.1 Å². The molecule has 0 spiro atoms. The van der Waals surface area contributed by atoms with Gasteiger partial charge >= 0.3 is 0 Å². The van der Waals surface area contributed by atoms with Gasteiger partial charge in [0.05, 0.1) is 24.5 Å². The predicted molar refractivity (Wildman–Crippen MR) is 95.2 cm³/mol. The maximum Gasteiger partial charge on any atom is 0.273 e. The zero-order valence-electron chi connectivity index (χ0n) is 15.1. The molecule has 4 rings (SSSR count). The van der Waals surface area contributed by atoms with Gasteiger partial charge < -0.3 is 15.7 Å². The van der Waals surface area contributed by atoms with E-state index in [-0.39, 0.29) is 17.8 Å². The fraction of sp³-hybridized carbons (Fsp3) is 0.556. The van der Waals surface area contributed by atoms with Gasteiger partial charge in [-0.05, 0) is 36.8 Å². The topological polar surface area (TPSA) is 110 Å². The number of aromatic nitrogens is 4. The standard InChI is InChI=1S/C18H24N6O2/c1-10(2)13-8-15(21-18(19)20-13)17(26)23-5-6-24-12(9-23)7-14(22-24)16(25)11-3-4-11/h7-8,10-11,16,25H,3-6,9H2,1-2H3,(H2,19,20,21)/t16-/m0/s1. The third kappa shape index (κ3) is 3.16. The summed E-state index contributed by atoms with van der Waals surface area (Å²) in [6.07, 6.45) is 1.62. The maximum absolute atomic E-state index is 12.9. The van der Waals surface area contributed by atoms with E-state index in [1.165, 1.54) is 0 Å². The smallest absolute Gasteiger partial charge is 0.273 e. The van der Waals surface area contributed by atoms with Gasteiger partial charge in [0.25, 0.3) is 5.91 Å². The lowest BCUT2D eigenvalue weighted by Gasteiger charge is -2.27. The van der Waals surface area contributed by atoms with Gasteiger partial charge in [-0.1, -0.05) is 13.8 Å². The fourth-order valence-electron chi connectivity index (χ4n) is 3.31. The van der Waals surface area contributed by atoms with Crippen LogP contribution in [-0.4, -0.2) is 42.2 Å². The summed E-state index contributed by atoms with van der Waals surface area (Å²) in [6, 6.07) is 3.63. The first-order chi connectivity index (χ1) is 12.4. The lowest BCUT2D eigenvalue weighted by molar-refractivity contribution is 0.0699. The second-order valence-electron chi connectivity index (χ2n) is 7.48. The minimum Gasteiger partial charge on any atom is -0.386 e. The highest BCUT2D eigenvalue weighted by Gasteiger charge is 2.34. The van der Waals surface area contributed by atoms with Gasteiger partial charge in [-0.3, -0.25) is 9.48 Å². The number of amides is 1. The predicted octanol–water partition coefficient (Wildman–Crippen LogP) is 1.48. The number of fused-ring (bicyclic) bond motifs is 1. The summed E-state index contributed by atoms with van der Waals surface area (Å²) in [5, 5.41) is 14.8. The molecule has 2 aliphatic rings. The van der Waals surface area contributed by atoms with Crippen molar-refractivity contribution in [3.8, 4) is 0 Å². The number of nitrogens with two attached hydrogens (primary N) is 1. The molecule has 0 saturated heterocycles. The first-order valence-electron chi connectivity index (χ1n) is 9.11. The van der Waals surface area contributed by atoms with Gasteiger partial charge in [-0.2, -0.15) is 5.10 Å². The van der Waals surface area contributed by atoms with Crippen LogP contribution in [0.3, 0.4) is 0 Å². The van der Waals surface area contributed by atoms with Crippen molar-refractivity contribution < 1.29 is 9.90 Å². The third-order valence-corrected chi connectivity index (χ3v) is 5.05. The first-order valence-corrected chi connectivity index (χ1v) is 9.11. The molecular weight excluding hydrogens is 332 g/mol. The molecule has 1 saturated carbocycles. The van der Waals surface area contributed by atoms with Gasteiger partial charge in [0.2, 0.25) is 5.95 Å². The zero-order chi connectivity index (χ0) is 18.4. The van der Waals surface area contributed by atoms with E-state index in [1.807, 2.05) is 24.6 Å². The Kier molecular flexibility index (Phi) is 4.14. The first kappa shape index (κ1) is 17.0. The van der Waals surface area contributed by atoms with Crippen molar-refractivity contribution in [3.63, 3.8) is 0 Å². The van der Waals surface area contributed by atoms with Gasteiger partial charge in [0, 0.05) is 12.2 Å². The van der Waals surface area contributed by atoms with Crippen molar-refractivity contribution in [3.05, 3.63) is 34.9 Å². The van der Waals surface area contributed by atoms with Gasteiger partial charge in [0.15, 0.2) is 0 Å². The van der Waals surface area contributed by atoms with Gasteiger partial charge in [-0.15, -0.1) is 0 Å². The molecule has 2 aromatic heterocycles. The minimum absolute atomic E-state index is 0.122. The van der Waals surface area contributed by atoms with E-state index in [2.05, 4.69) is 15.1 Å². The number of hydrogen-bond donors (Lipinski definition) is 2. The summed E-state index contributed by atoms with van der Waals surface area (Å²) in [5.41, 5.74) is 8.51. The number of aliphatic hydroxyl groups is 1. The van der Waals surface area contributed by atoms with Crippen LogP contribution in [0.25, 0.3) is 0 Å². The van der Waals surface area contributed by atoms with E-state index in [0.717, 1.165) is 24.2 Å². The van der Waals surface area contributed by atoms with Crippen LogP contribution >= 0.6 is 0 Å². The molecule has 3 heterocycles. The van der Waals surface area contributed by atoms with E-state index >= 15 is 0 Å². The number of aliphatic hydroxyl groups excluding tert-OH is 1. The average molecular weight is 356 g/mol. The van der Waals surface area contributed by atoms with Gasteiger partial charge in [-0.25, -0.2) is 9.97 Å². The van der Waals surface area contributed by atoms with E-state index < -0.39 is 6.10 Å². The van der Waals surface area contributed by atoms with Crippen molar-refractivity contribution in [1.82, 2.24) is 24.6 Å². The second-order valence-corrected chi connectivity index (χ2v) is 7.48. The molecule has 26 heavy (non-hydrogen) atoms. The quantitative estimate of drug-likeness (QED) is 0.858. The maximum atomic E-state index is 12.9. The van der Waals surface area contributed by atoms with E-state index in [9.17, 15) is 9.90 Å². The molecule has 0 unspecified atom stereocenters. The van der Waals surface area contributed by atoms with E-state index in [0.29, 0.717) is 36.9 Å². The molecule has 1 aliphatic heterocycles. The Morgan fingerprint density at radius 2 is 2.00 bits per heavy atom. The number of rotatable bonds is 4. The summed E-state index contributed by atoms with van der Waals surface area (Å²) in [5.74, 6) is 0.471. The molecule has 1 aliphatic carbocycles. The molecule has 1 amide bonds. The normalized spacial score (nSPS) is 18.1. The largest absolute Gasteiger partial charge is 0.386 e. The Morgan fingerprint density at radius 1 is 1.23 bits per heavy atom. The lowest BCUT2D eigenvalue weighted by atomic mass is 10.1. The number of hydrogen-bond acceptors (Lipinski definition) is 6. The van der Waals surface area contributed by atoms with Crippen LogP contribution in [0.4, 0.5) is 5.95 Å². The molecule has 3 N–H and O–H groups in total. The Hall–Kier alpha value is -2.48. The summed E-state index contributed by atoms with van der Waals surface area (Å²) in [7, 11) is 0. The lowest BCUT2D eigenvalue weighted by Crippen LogP contribution is -2.39. The SMILES string of the molecule is CC(C)c1cc(C(=O)N2CCn3nc([C@@H](O)C4CC4)cc3C2)nc(N)n1. The van der Waals surface area contributed by atoms with Crippen LogP contribution in [0.2, 0.25) is 0 Å². The minimum atomic E-state index is -0.493. The number of carbonyl (C=O) groups is 1. The van der Waals surface area contributed by atoms with Crippen molar-refractivity contribution in [2.24, 2.45) is 5.92 Å². The molecule has 1 atom stereocenters. The number of carbonyl (C=O) groups excluding carboxylic acids is 1. The highest BCUT2D eigenvalue weighted by atomic mass is 16.3. The van der Waals surface area contributed by atoms with E-state index in [4.69, 9.17) is 5.73 Å². The average Bonchev–Trinajstić information content (AvgIpc) is 3.38. The molecule has 0 aromatic carbocycles. The van der Waals surface area contributed by atoms with Crippen molar-refractivity contribution >= 4 is 11.9 Å². The number of nitrogen functional groups attached to an aromatic ring is 1.